The van der Waals surface area contributed by atoms with Gasteiger partial charge in [0.1, 0.15) is 10.2 Å². The minimum atomic E-state index is -0.604. The van der Waals surface area contributed by atoms with Crippen molar-refractivity contribution in [3.63, 3.8) is 0 Å². The minimum Gasteiger partial charge on any atom is -0.267 e. The van der Waals surface area contributed by atoms with Crippen LogP contribution in [0.1, 0.15) is 15.9 Å². The second-order valence-corrected chi connectivity index (χ2v) is 4.77. The molecule has 1 aromatic carbocycles. The second kappa shape index (κ2) is 6.97. The summed E-state index contributed by atoms with van der Waals surface area (Å²) in [5.74, 6) is -0.544. The molecule has 0 aliphatic carbocycles. The summed E-state index contributed by atoms with van der Waals surface area (Å²) in [6.07, 6.45) is 2.71. The van der Waals surface area contributed by atoms with Gasteiger partial charge in [-0.25, -0.2) is 10.4 Å². The first-order chi connectivity index (χ1) is 10.5. The highest BCUT2D eigenvalue weighted by Crippen LogP contribution is 2.24. The van der Waals surface area contributed by atoms with Gasteiger partial charge in [0.15, 0.2) is 0 Å². The first-order valence-electron chi connectivity index (χ1n) is 5.87. The lowest BCUT2D eigenvalue weighted by atomic mass is 10.2. The summed E-state index contributed by atoms with van der Waals surface area (Å²) >= 11 is 11.5. The van der Waals surface area contributed by atoms with E-state index in [0.29, 0.717) is 5.56 Å². The van der Waals surface area contributed by atoms with Crippen LogP contribution in [0.2, 0.25) is 10.2 Å². The molecule has 0 aliphatic heterocycles. The van der Waals surface area contributed by atoms with Crippen molar-refractivity contribution in [3.05, 3.63) is 67.9 Å². The van der Waals surface area contributed by atoms with Crippen molar-refractivity contribution in [2.75, 3.05) is 0 Å². The number of nitro groups is 1. The van der Waals surface area contributed by atoms with Crippen LogP contribution in [0.15, 0.2) is 41.6 Å². The molecule has 2 aromatic rings. The number of nitrogens with zero attached hydrogens (tertiary/aromatic N) is 3. The number of hydrogen-bond acceptors (Lipinski definition) is 5. The van der Waals surface area contributed by atoms with E-state index < -0.39 is 10.8 Å². The fourth-order valence-electron chi connectivity index (χ4n) is 1.53. The number of hydrogen-bond donors (Lipinski definition) is 1. The summed E-state index contributed by atoms with van der Waals surface area (Å²) in [6.45, 7) is 0. The van der Waals surface area contributed by atoms with Gasteiger partial charge in [-0.1, -0.05) is 29.3 Å². The summed E-state index contributed by atoms with van der Waals surface area (Å²) in [4.78, 5) is 25.7. The number of aromatic nitrogens is 1. The van der Waals surface area contributed by atoms with Gasteiger partial charge in [-0.2, -0.15) is 5.10 Å². The molecule has 0 unspecified atom stereocenters. The molecule has 2 rings (SSSR count). The molecule has 0 radical (unpaired) electrons. The average molecular weight is 339 g/mol. The van der Waals surface area contributed by atoms with Crippen molar-refractivity contribution in [1.29, 1.82) is 0 Å². The molecule has 1 amide bonds. The Hall–Kier alpha value is -2.51. The predicted molar refractivity (Wildman–Crippen MR) is 82.4 cm³/mol. The number of benzene rings is 1. The van der Waals surface area contributed by atoms with Crippen molar-refractivity contribution in [2.24, 2.45) is 5.10 Å². The van der Waals surface area contributed by atoms with Crippen molar-refractivity contribution < 1.29 is 9.72 Å². The number of nitro benzene ring substituents is 1. The zero-order chi connectivity index (χ0) is 16.1. The predicted octanol–water partition coefficient (Wildman–Crippen LogP) is 3.06. The van der Waals surface area contributed by atoms with Gasteiger partial charge in [-0.05, 0) is 18.2 Å². The van der Waals surface area contributed by atoms with Gasteiger partial charge in [0.05, 0.1) is 16.7 Å². The summed E-state index contributed by atoms with van der Waals surface area (Å²) < 4.78 is 0. The van der Waals surface area contributed by atoms with E-state index in [9.17, 15) is 14.9 Å². The highest BCUT2D eigenvalue weighted by Gasteiger charge is 2.12. The monoisotopic (exact) mass is 338 g/mol. The molecule has 1 aromatic heterocycles. The Kier molecular flexibility index (Phi) is 5.03. The summed E-state index contributed by atoms with van der Waals surface area (Å²) in [5, 5.41) is 14.6. The molecule has 1 heterocycles. The third-order valence-electron chi connectivity index (χ3n) is 2.55. The van der Waals surface area contributed by atoms with Gasteiger partial charge in [0, 0.05) is 17.8 Å². The molecular weight excluding hydrogens is 331 g/mol. The van der Waals surface area contributed by atoms with E-state index >= 15 is 0 Å². The Morgan fingerprint density at radius 1 is 1.36 bits per heavy atom. The Labute approximate surface area is 134 Å². The molecular formula is C13H8Cl2N4O3. The van der Waals surface area contributed by atoms with Crippen molar-refractivity contribution >= 4 is 41.0 Å². The van der Waals surface area contributed by atoms with Crippen LogP contribution in [0, 0.1) is 10.1 Å². The summed E-state index contributed by atoms with van der Waals surface area (Å²) in [6, 6.07) is 7.21. The molecule has 9 heteroatoms. The standard InChI is InChI=1S/C13H8Cl2N4O3/c14-10-4-3-8(6-11(10)19(21)22)7-17-18-13(20)9-2-1-5-16-12(9)15/h1-7H,(H,18,20). The first kappa shape index (κ1) is 15.9. The van der Waals surface area contributed by atoms with Crippen LogP contribution in [-0.4, -0.2) is 22.0 Å². The van der Waals surface area contributed by atoms with E-state index in [4.69, 9.17) is 23.2 Å². The molecule has 1 N–H and O–H groups in total. The lowest BCUT2D eigenvalue weighted by Gasteiger charge is -2.01. The molecule has 0 atom stereocenters. The van der Waals surface area contributed by atoms with Crippen LogP contribution >= 0.6 is 23.2 Å². The first-order valence-corrected chi connectivity index (χ1v) is 6.62. The van der Waals surface area contributed by atoms with E-state index in [1.807, 2.05) is 0 Å². The Balaban J connectivity index is 2.10. The zero-order valence-electron chi connectivity index (χ0n) is 10.9. The fourth-order valence-corrected chi connectivity index (χ4v) is 1.92. The third-order valence-corrected chi connectivity index (χ3v) is 3.17. The second-order valence-electron chi connectivity index (χ2n) is 4.01. The topological polar surface area (TPSA) is 97.5 Å². The van der Waals surface area contributed by atoms with Gasteiger partial charge in [0.25, 0.3) is 11.6 Å². The zero-order valence-corrected chi connectivity index (χ0v) is 12.4. The number of pyridine rings is 1. The highest BCUT2D eigenvalue weighted by atomic mass is 35.5. The number of nitrogens with one attached hydrogen (secondary N) is 1. The van der Waals surface area contributed by atoms with E-state index in [1.165, 1.54) is 36.7 Å². The lowest BCUT2D eigenvalue weighted by Crippen LogP contribution is -2.18. The molecule has 0 saturated heterocycles. The van der Waals surface area contributed by atoms with Crippen LogP contribution < -0.4 is 5.43 Å². The molecule has 7 nitrogen and oxygen atoms in total. The largest absolute Gasteiger partial charge is 0.288 e. The number of hydrazone groups is 1. The number of carbonyl (C=O) groups excluding carboxylic acids is 1. The molecule has 112 valence electrons. The van der Waals surface area contributed by atoms with Gasteiger partial charge < -0.3 is 0 Å². The van der Waals surface area contributed by atoms with Crippen molar-refractivity contribution in [1.82, 2.24) is 10.4 Å². The number of amides is 1. The normalized spacial score (nSPS) is 10.6. The highest BCUT2D eigenvalue weighted by molar-refractivity contribution is 6.33. The van der Waals surface area contributed by atoms with E-state index in [0.717, 1.165) is 0 Å². The molecule has 0 spiro atoms. The molecule has 22 heavy (non-hydrogen) atoms. The van der Waals surface area contributed by atoms with Crippen molar-refractivity contribution in [3.8, 4) is 0 Å². The van der Waals surface area contributed by atoms with Crippen LogP contribution in [0.4, 0.5) is 5.69 Å². The van der Waals surface area contributed by atoms with Crippen LogP contribution in [0.3, 0.4) is 0 Å². The average Bonchev–Trinajstić information content (AvgIpc) is 2.49. The van der Waals surface area contributed by atoms with E-state index in [2.05, 4.69) is 15.5 Å². The molecule has 0 aliphatic rings. The van der Waals surface area contributed by atoms with E-state index in [1.54, 1.807) is 6.07 Å². The van der Waals surface area contributed by atoms with Crippen molar-refractivity contribution in [2.45, 2.75) is 0 Å². The maximum absolute atomic E-state index is 11.8. The molecule has 0 saturated carbocycles. The van der Waals surface area contributed by atoms with Gasteiger partial charge >= 0.3 is 0 Å². The third kappa shape index (κ3) is 3.78. The van der Waals surface area contributed by atoms with Crippen LogP contribution in [0.25, 0.3) is 0 Å². The maximum Gasteiger partial charge on any atom is 0.288 e. The van der Waals surface area contributed by atoms with E-state index in [-0.39, 0.29) is 21.4 Å². The SMILES string of the molecule is O=C(NN=Cc1ccc(Cl)c([N+](=O)[O-])c1)c1cccnc1Cl. The Bertz CT molecular complexity index is 765. The maximum atomic E-state index is 11.8. The van der Waals surface area contributed by atoms with Crippen LogP contribution in [0.5, 0.6) is 0 Å². The van der Waals surface area contributed by atoms with Gasteiger partial charge in [0.2, 0.25) is 0 Å². The lowest BCUT2D eigenvalue weighted by molar-refractivity contribution is -0.384. The smallest absolute Gasteiger partial charge is 0.267 e. The Morgan fingerprint density at radius 2 is 2.14 bits per heavy atom. The quantitative estimate of drug-likeness (QED) is 0.401. The minimum absolute atomic E-state index is 0.0216. The van der Waals surface area contributed by atoms with Crippen LogP contribution in [-0.2, 0) is 0 Å². The summed E-state index contributed by atoms with van der Waals surface area (Å²) in [7, 11) is 0. The number of carbonyl (C=O) groups is 1. The number of halogens is 2. The Morgan fingerprint density at radius 3 is 2.82 bits per heavy atom. The number of rotatable bonds is 4. The van der Waals surface area contributed by atoms with Gasteiger partial charge in [-0.3, -0.25) is 14.9 Å². The molecule has 0 bridgehead atoms. The summed E-state index contributed by atoms with van der Waals surface area (Å²) in [5.41, 5.74) is 2.59. The molecule has 0 fully saturated rings. The van der Waals surface area contributed by atoms with Gasteiger partial charge in [-0.15, -0.1) is 0 Å². The fraction of sp³-hybridized carbons (Fsp3) is 0.